The molecule has 1 aromatic heterocycles. The average Bonchev–Trinajstić information content (AvgIpc) is 2.53. The maximum Gasteiger partial charge on any atom is 0.249 e. The van der Waals surface area contributed by atoms with E-state index in [0.717, 1.165) is 18.5 Å². The van der Waals surface area contributed by atoms with Gasteiger partial charge in [-0.05, 0) is 6.07 Å². The van der Waals surface area contributed by atoms with Crippen molar-refractivity contribution in [1.82, 2.24) is 10.3 Å². The number of para-hydroxylation sites is 1. The van der Waals surface area contributed by atoms with Gasteiger partial charge in [-0.15, -0.1) is 0 Å². The SMILES string of the molecule is NC(=O)c1cc(OCC2CNCCO2)nc2ccccc12. The van der Waals surface area contributed by atoms with Gasteiger partial charge in [-0.3, -0.25) is 4.79 Å². The summed E-state index contributed by atoms with van der Waals surface area (Å²) >= 11 is 0. The van der Waals surface area contributed by atoms with E-state index in [1.165, 1.54) is 0 Å². The highest BCUT2D eigenvalue weighted by Gasteiger charge is 2.16. The second kappa shape index (κ2) is 6.07. The molecule has 21 heavy (non-hydrogen) atoms. The van der Waals surface area contributed by atoms with Crippen molar-refractivity contribution in [3.05, 3.63) is 35.9 Å². The Bertz CT molecular complexity index is 654. The molecule has 1 aliphatic heterocycles. The summed E-state index contributed by atoms with van der Waals surface area (Å²) < 4.78 is 11.2. The number of ether oxygens (including phenoxy) is 2. The molecule has 110 valence electrons. The van der Waals surface area contributed by atoms with Crippen LogP contribution in [0.25, 0.3) is 10.9 Å². The van der Waals surface area contributed by atoms with Crippen LogP contribution in [-0.4, -0.2) is 43.3 Å². The topological polar surface area (TPSA) is 86.5 Å². The zero-order valence-electron chi connectivity index (χ0n) is 11.5. The number of fused-ring (bicyclic) bond motifs is 1. The molecule has 0 saturated carbocycles. The van der Waals surface area contributed by atoms with Gasteiger partial charge in [-0.1, -0.05) is 18.2 Å². The zero-order chi connectivity index (χ0) is 14.7. The highest BCUT2D eigenvalue weighted by molar-refractivity contribution is 6.05. The summed E-state index contributed by atoms with van der Waals surface area (Å²) in [5, 5.41) is 3.96. The Labute approximate surface area is 122 Å². The van der Waals surface area contributed by atoms with E-state index in [1.807, 2.05) is 24.3 Å². The van der Waals surface area contributed by atoms with Crippen molar-refractivity contribution in [1.29, 1.82) is 0 Å². The number of pyridine rings is 1. The van der Waals surface area contributed by atoms with Crippen LogP contribution in [-0.2, 0) is 4.74 Å². The maximum atomic E-state index is 11.6. The number of carbonyl (C=O) groups excluding carboxylic acids is 1. The number of nitrogens with one attached hydrogen (secondary N) is 1. The molecule has 3 N–H and O–H groups in total. The molecule has 6 nitrogen and oxygen atoms in total. The number of nitrogens with zero attached hydrogens (tertiary/aromatic N) is 1. The first-order chi connectivity index (χ1) is 10.2. The molecule has 1 aromatic carbocycles. The van der Waals surface area contributed by atoms with E-state index in [4.69, 9.17) is 15.2 Å². The number of morpholine rings is 1. The summed E-state index contributed by atoms with van der Waals surface area (Å²) in [7, 11) is 0. The number of nitrogens with two attached hydrogens (primary N) is 1. The lowest BCUT2D eigenvalue weighted by atomic mass is 10.1. The largest absolute Gasteiger partial charge is 0.475 e. The molecule has 1 fully saturated rings. The molecule has 0 radical (unpaired) electrons. The third-order valence-corrected chi connectivity index (χ3v) is 3.38. The summed E-state index contributed by atoms with van der Waals surface area (Å²) in [5.41, 5.74) is 6.53. The first-order valence-corrected chi connectivity index (χ1v) is 6.89. The highest BCUT2D eigenvalue weighted by Crippen LogP contribution is 2.21. The summed E-state index contributed by atoms with van der Waals surface area (Å²) in [5.74, 6) is -0.106. The standard InChI is InChI=1S/C15H17N3O3/c16-15(19)12-7-14(18-13-4-2-1-3-11(12)13)21-9-10-8-17-5-6-20-10/h1-4,7,10,17H,5-6,8-9H2,(H2,16,19). The smallest absolute Gasteiger partial charge is 0.249 e. The van der Waals surface area contributed by atoms with Crippen LogP contribution in [0.2, 0.25) is 0 Å². The van der Waals surface area contributed by atoms with Crippen LogP contribution in [0.5, 0.6) is 5.88 Å². The molecule has 2 heterocycles. The Balaban J connectivity index is 1.83. The summed E-state index contributed by atoms with van der Waals surface area (Å²) in [6, 6.07) is 8.94. The summed E-state index contributed by atoms with van der Waals surface area (Å²) in [6.45, 7) is 2.66. The number of hydrogen-bond acceptors (Lipinski definition) is 5. The molecule has 1 aliphatic rings. The van der Waals surface area contributed by atoms with Crippen molar-refractivity contribution in [3.8, 4) is 5.88 Å². The van der Waals surface area contributed by atoms with Gasteiger partial charge < -0.3 is 20.5 Å². The van der Waals surface area contributed by atoms with Gasteiger partial charge in [0.25, 0.3) is 0 Å². The predicted octanol–water partition coefficient (Wildman–Crippen LogP) is 0.701. The first-order valence-electron chi connectivity index (χ1n) is 6.89. The van der Waals surface area contributed by atoms with Gasteiger partial charge in [0.2, 0.25) is 11.8 Å². The molecule has 1 saturated heterocycles. The number of benzene rings is 1. The Morgan fingerprint density at radius 2 is 2.33 bits per heavy atom. The normalized spacial score (nSPS) is 18.6. The predicted molar refractivity (Wildman–Crippen MR) is 78.4 cm³/mol. The van der Waals surface area contributed by atoms with Gasteiger partial charge in [0.15, 0.2) is 0 Å². The van der Waals surface area contributed by atoms with Crippen LogP contribution in [0, 0.1) is 0 Å². The van der Waals surface area contributed by atoms with Gasteiger partial charge in [0.05, 0.1) is 17.7 Å². The van der Waals surface area contributed by atoms with E-state index in [2.05, 4.69) is 10.3 Å². The summed E-state index contributed by atoms with van der Waals surface area (Å²) in [6.07, 6.45) is -0.0101. The van der Waals surface area contributed by atoms with Crippen molar-refractivity contribution >= 4 is 16.8 Å². The van der Waals surface area contributed by atoms with Gasteiger partial charge in [-0.25, -0.2) is 4.98 Å². The first kappa shape index (κ1) is 13.8. The number of hydrogen-bond donors (Lipinski definition) is 2. The molecule has 1 unspecified atom stereocenters. The lowest BCUT2D eigenvalue weighted by Gasteiger charge is -2.23. The highest BCUT2D eigenvalue weighted by atomic mass is 16.5. The second-order valence-electron chi connectivity index (χ2n) is 4.90. The number of carbonyl (C=O) groups is 1. The minimum atomic E-state index is -0.492. The van der Waals surface area contributed by atoms with Crippen LogP contribution in [0.4, 0.5) is 0 Å². The number of rotatable bonds is 4. The van der Waals surface area contributed by atoms with Crippen molar-refractivity contribution < 1.29 is 14.3 Å². The minimum absolute atomic E-state index is 0.0101. The second-order valence-corrected chi connectivity index (χ2v) is 4.90. The molecule has 2 aromatic rings. The van der Waals surface area contributed by atoms with Gasteiger partial charge in [0.1, 0.15) is 12.7 Å². The van der Waals surface area contributed by atoms with Crippen LogP contribution < -0.4 is 15.8 Å². The minimum Gasteiger partial charge on any atom is -0.475 e. The fourth-order valence-electron chi connectivity index (χ4n) is 2.33. The fourth-order valence-corrected chi connectivity index (χ4v) is 2.33. The van der Waals surface area contributed by atoms with Crippen LogP contribution >= 0.6 is 0 Å². The molecular formula is C15H17N3O3. The summed E-state index contributed by atoms with van der Waals surface area (Å²) in [4.78, 5) is 16.0. The van der Waals surface area contributed by atoms with E-state index in [1.54, 1.807) is 6.07 Å². The molecule has 1 atom stereocenters. The molecule has 0 bridgehead atoms. The third kappa shape index (κ3) is 3.12. The molecule has 0 aliphatic carbocycles. The average molecular weight is 287 g/mol. The van der Waals surface area contributed by atoms with Crippen LogP contribution in [0.15, 0.2) is 30.3 Å². The Kier molecular flexibility index (Phi) is 3.98. The van der Waals surface area contributed by atoms with E-state index >= 15 is 0 Å². The monoisotopic (exact) mass is 287 g/mol. The number of amides is 1. The number of aromatic nitrogens is 1. The van der Waals surface area contributed by atoms with Gasteiger partial charge in [-0.2, -0.15) is 0 Å². The van der Waals surface area contributed by atoms with Crippen LogP contribution in [0.1, 0.15) is 10.4 Å². The van der Waals surface area contributed by atoms with Crippen molar-refractivity contribution in [3.63, 3.8) is 0 Å². The fraction of sp³-hybridized carbons (Fsp3) is 0.333. The third-order valence-electron chi connectivity index (χ3n) is 3.38. The lowest BCUT2D eigenvalue weighted by molar-refractivity contribution is -0.000681. The molecule has 3 rings (SSSR count). The molecule has 1 amide bonds. The molecule has 0 spiro atoms. The molecule has 6 heteroatoms. The Morgan fingerprint density at radius 3 is 3.10 bits per heavy atom. The van der Waals surface area contributed by atoms with Gasteiger partial charge in [0, 0.05) is 24.5 Å². The van der Waals surface area contributed by atoms with Crippen molar-refractivity contribution in [2.24, 2.45) is 5.73 Å². The van der Waals surface area contributed by atoms with E-state index < -0.39 is 5.91 Å². The zero-order valence-corrected chi connectivity index (χ0v) is 11.5. The molecular weight excluding hydrogens is 270 g/mol. The van der Waals surface area contributed by atoms with E-state index in [-0.39, 0.29) is 6.10 Å². The maximum absolute atomic E-state index is 11.6. The Hall–Kier alpha value is -2.18. The van der Waals surface area contributed by atoms with E-state index in [0.29, 0.717) is 30.2 Å². The quantitative estimate of drug-likeness (QED) is 0.864. The lowest BCUT2D eigenvalue weighted by Crippen LogP contribution is -2.41. The van der Waals surface area contributed by atoms with Crippen molar-refractivity contribution in [2.45, 2.75) is 6.10 Å². The Morgan fingerprint density at radius 1 is 1.48 bits per heavy atom. The van der Waals surface area contributed by atoms with E-state index in [9.17, 15) is 4.79 Å². The van der Waals surface area contributed by atoms with Crippen molar-refractivity contribution in [2.75, 3.05) is 26.3 Å². The number of primary amides is 1. The van der Waals surface area contributed by atoms with Crippen LogP contribution in [0.3, 0.4) is 0 Å². The van der Waals surface area contributed by atoms with Gasteiger partial charge >= 0.3 is 0 Å².